The Bertz CT molecular complexity index is 497. The van der Waals surface area contributed by atoms with Gasteiger partial charge in [0.05, 0.1) is 12.2 Å². The standard InChI is InChI=1S/C17H27NO3/c1-16(2,19-5)8-9-20-12-6-7-13-14(18)11-17(3,4)21-15(13)10-12/h6-7,10,14H,8-9,11,18H2,1-5H3. The van der Waals surface area contributed by atoms with Crippen molar-refractivity contribution in [3.63, 3.8) is 0 Å². The molecule has 21 heavy (non-hydrogen) atoms. The molecule has 0 radical (unpaired) electrons. The average Bonchev–Trinajstić information content (AvgIpc) is 2.36. The number of rotatable bonds is 5. The van der Waals surface area contributed by atoms with Gasteiger partial charge in [-0.05, 0) is 33.8 Å². The molecule has 0 saturated carbocycles. The topological polar surface area (TPSA) is 53.7 Å². The molecule has 1 aliphatic rings. The van der Waals surface area contributed by atoms with Gasteiger partial charge >= 0.3 is 0 Å². The van der Waals surface area contributed by atoms with Gasteiger partial charge in [0.2, 0.25) is 0 Å². The van der Waals surface area contributed by atoms with E-state index in [1.54, 1.807) is 7.11 Å². The van der Waals surface area contributed by atoms with Crippen LogP contribution >= 0.6 is 0 Å². The van der Waals surface area contributed by atoms with E-state index in [1.165, 1.54) is 0 Å². The normalized spacial score (nSPS) is 20.6. The quantitative estimate of drug-likeness (QED) is 0.903. The summed E-state index contributed by atoms with van der Waals surface area (Å²) >= 11 is 0. The zero-order chi connectivity index (χ0) is 15.7. The second kappa shape index (κ2) is 5.85. The highest BCUT2D eigenvalue weighted by Crippen LogP contribution is 2.40. The largest absolute Gasteiger partial charge is 0.493 e. The number of ether oxygens (including phenoxy) is 3. The van der Waals surface area contributed by atoms with E-state index in [9.17, 15) is 0 Å². The fourth-order valence-corrected chi connectivity index (χ4v) is 2.49. The van der Waals surface area contributed by atoms with Crippen molar-refractivity contribution < 1.29 is 14.2 Å². The Morgan fingerprint density at radius 1 is 1.38 bits per heavy atom. The predicted octanol–water partition coefficient (Wildman–Crippen LogP) is 3.44. The van der Waals surface area contributed by atoms with Crippen LogP contribution in [0.2, 0.25) is 0 Å². The smallest absolute Gasteiger partial charge is 0.128 e. The minimum Gasteiger partial charge on any atom is -0.493 e. The molecule has 4 heteroatoms. The van der Waals surface area contributed by atoms with Crippen LogP contribution in [-0.4, -0.2) is 24.9 Å². The molecular weight excluding hydrogens is 266 g/mol. The average molecular weight is 293 g/mol. The molecule has 0 aliphatic carbocycles. The Balaban J connectivity index is 2.04. The van der Waals surface area contributed by atoms with Crippen molar-refractivity contribution in [1.29, 1.82) is 0 Å². The third-order valence-corrected chi connectivity index (χ3v) is 4.01. The van der Waals surface area contributed by atoms with Gasteiger partial charge in [-0.2, -0.15) is 0 Å². The fourth-order valence-electron chi connectivity index (χ4n) is 2.49. The fraction of sp³-hybridized carbons (Fsp3) is 0.647. The zero-order valence-corrected chi connectivity index (χ0v) is 13.7. The first-order chi connectivity index (χ1) is 9.72. The summed E-state index contributed by atoms with van der Waals surface area (Å²) in [5.41, 5.74) is 6.86. The van der Waals surface area contributed by atoms with Crippen LogP contribution in [0.3, 0.4) is 0 Å². The van der Waals surface area contributed by atoms with Crippen molar-refractivity contribution in [2.45, 2.75) is 57.8 Å². The molecule has 2 rings (SSSR count). The third kappa shape index (κ3) is 4.11. The number of hydrogen-bond acceptors (Lipinski definition) is 4. The Kier molecular flexibility index (Phi) is 4.49. The van der Waals surface area contributed by atoms with Crippen molar-refractivity contribution in [3.05, 3.63) is 23.8 Å². The number of benzene rings is 1. The second-order valence-corrected chi connectivity index (χ2v) is 6.93. The van der Waals surface area contributed by atoms with E-state index in [0.717, 1.165) is 29.9 Å². The van der Waals surface area contributed by atoms with E-state index in [2.05, 4.69) is 13.8 Å². The molecular formula is C17H27NO3. The van der Waals surface area contributed by atoms with Gasteiger partial charge in [-0.15, -0.1) is 0 Å². The van der Waals surface area contributed by atoms with Crippen LogP contribution in [0.5, 0.6) is 11.5 Å². The number of methoxy groups -OCH3 is 1. The van der Waals surface area contributed by atoms with Gasteiger partial charge in [0, 0.05) is 37.6 Å². The summed E-state index contributed by atoms with van der Waals surface area (Å²) in [5, 5.41) is 0. The van der Waals surface area contributed by atoms with Crippen LogP contribution in [0.1, 0.15) is 52.1 Å². The van der Waals surface area contributed by atoms with Crippen molar-refractivity contribution in [3.8, 4) is 11.5 Å². The monoisotopic (exact) mass is 293 g/mol. The SMILES string of the molecule is COC(C)(C)CCOc1ccc2c(c1)OC(C)(C)CC2N. The van der Waals surface area contributed by atoms with Crippen molar-refractivity contribution in [2.75, 3.05) is 13.7 Å². The highest BCUT2D eigenvalue weighted by atomic mass is 16.5. The molecule has 2 N–H and O–H groups in total. The Hall–Kier alpha value is -1.26. The summed E-state index contributed by atoms with van der Waals surface area (Å²) in [6, 6.07) is 5.92. The molecule has 1 aromatic carbocycles. The first-order valence-corrected chi connectivity index (χ1v) is 7.49. The lowest BCUT2D eigenvalue weighted by Gasteiger charge is -2.36. The van der Waals surface area contributed by atoms with Crippen LogP contribution in [0.4, 0.5) is 0 Å². The summed E-state index contributed by atoms with van der Waals surface area (Å²) in [7, 11) is 1.72. The molecule has 0 spiro atoms. The van der Waals surface area contributed by atoms with E-state index in [4.69, 9.17) is 19.9 Å². The molecule has 0 fully saturated rings. The van der Waals surface area contributed by atoms with E-state index < -0.39 is 0 Å². The van der Waals surface area contributed by atoms with Crippen molar-refractivity contribution in [2.24, 2.45) is 5.73 Å². The van der Waals surface area contributed by atoms with Gasteiger partial charge in [0.1, 0.15) is 17.1 Å². The van der Waals surface area contributed by atoms with Gasteiger partial charge in [-0.25, -0.2) is 0 Å². The molecule has 4 nitrogen and oxygen atoms in total. The first kappa shape index (κ1) is 16.1. The van der Waals surface area contributed by atoms with Crippen LogP contribution in [0.25, 0.3) is 0 Å². The number of nitrogens with two attached hydrogens (primary N) is 1. The summed E-state index contributed by atoms with van der Waals surface area (Å²) in [5.74, 6) is 1.65. The maximum Gasteiger partial charge on any atom is 0.128 e. The van der Waals surface area contributed by atoms with Gasteiger partial charge in [0.25, 0.3) is 0 Å². The lowest BCUT2D eigenvalue weighted by atomic mass is 9.90. The Morgan fingerprint density at radius 3 is 2.76 bits per heavy atom. The lowest BCUT2D eigenvalue weighted by molar-refractivity contribution is 0.00539. The number of fused-ring (bicyclic) bond motifs is 1. The zero-order valence-electron chi connectivity index (χ0n) is 13.7. The highest BCUT2D eigenvalue weighted by Gasteiger charge is 2.32. The molecule has 1 aromatic rings. The van der Waals surface area contributed by atoms with E-state index in [1.807, 2.05) is 32.0 Å². The second-order valence-electron chi connectivity index (χ2n) is 6.93. The lowest BCUT2D eigenvalue weighted by Crippen LogP contribution is -2.37. The Morgan fingerprint density at radius 2 is 2.10 bits per heavy atom. The van der Waals surface area contributed by atoms with Gasteiger partial charge in [-0.3, -0.25) is 0 Å². The molecule has 0 bridgehead atoms. The van der Waals surface area contributed by atoms with E-state index in [0.29, 0.717) is 6.61 Å². The molecule has 1 heterocycles. The summed E-state index contributed by atoms with van der Waals surface area (Å²) < 4.78 is 17.2. The molecule has 1 aliphatic heterocycles. The summed E-state index contributed by atoms with van der Waals surface area (Å²) in [6.45, 7) is 8.83. The summed E-state index contributed by atoms with van der Waals surface area (Å²) in [4.78, 5) is 0. The first-order valence-electron chi connectivity index (χ1n) is 7.49. The third-order valence-electron chi connectivity index (χ3n) is 4.01. The highest BCUT2D eigenvalue weighted by molar-refractivity contribution is 5.44. The Labute approximate surface area is 127 Å². The maximum absolute atomic E-state index is 6.21. The van der Waals surface area contributed by atoms with Crippen LogP contribution < -0.4 is 15.2 Å². The van der Waals surface area contributed by atoms with Crippen molar-refractivity contribution >= 4 is 0 Å². The summed E-state index contributed by atoms with van der Waals surface area (Å²) in [6.07, 6.45) is 1.65. The van der Waals surface area contributed by atoms with Crippen LogP contribution in [0, 0.1) is 0 Å². The molecule has 1 unspecified atom stereocenters. The minimum atomic E-state index is -0.233. The molecule has 0 amide bonds. The molecule has 1 atom stereocenters. The number of hydrogen-bond donors (Lipinski definition) is 1. The maximum atomic E-state index is 6.21. The van der Waals surface area contributed by atoms with E-state index >= 15 is 0 Å². The van der Waals surface area contributed by atoms with Crippen molar-refractivity contribution in [1.82, 2.24) is 0 Å². The predicted molar refractivity (Wildman–Crippen MR) is 83.9 cm³/mol. The molecule has 118 valence electrons. The molecule has 0 aromatic heterocycles. The molecule has 0 saturated heterocycles. The van der Waals surface area contributed by atoms with Crippen LogP contribution in [0.15, 0.2) is 18.2 Å². The minimum absolute atomic E-state index is 0.0187. The van der Waals surface area contributed by atoms with Gasteiger partial charge < -0.3 is 19.9 Å². The van der Waals surface area contributed by atoms with Gasteiger partial charge in [-0.1, -0.05) is 6.07 Å². The van der Waals surface area contributed by atoms with Gasteiger partial charge in [0.15, 0.2) is 0 Å². The van der Waals surface area contributed by atoms with E-state index in [-0.39, 0.29) is 17.2 Å². The van der Waals surface area contributed by atoms with Crippen LogP contribution in [-0.2, 0) is 4.74 Å².